The number of β-amino-alcohol motifs (C(OH)–C–C–N with tert-alkyl or cyclic N) is 1. The van der Waals surface area contributed by atoms with Crippen LogP contribution in [0.3, 0.4) is 0 Å². The second kappa shape index (κ2) is 12.2. The van der Waals surface area contributed by atoms with Gasteiger partial charge in [0.1, 0.15) is 18.5 Å². The lowest BCUT2D eigenvalue weighted by molar-refractivity contribution is 0.0550. The van der Waals surface area contributed by atoms with Gasteiger partial charge < -0.3 is 14.7 Å². The van der Waals surface area contributed by atoms with Gasteiger partial charge in [-0.2, -0.15) is 0 Å². The van der Waals surface area contributed by atoms with Crippen molar-refractivity contribution in [2.75, 3.05) is 26.2 Å². The molecule has 3 nitrogen and oxygen atoms in total. The molecule has 0 radical (unpaired) electrons. The molecule has 0 amide bonds. The molecule has 26 heavy (non-hydrogen) atoms. The third kappa shape index (κ3) is 7.55. The summed E-state index contributed by atoms with van der Waals surface area (Å²) in [6.07, 6.45) is 3.16. The van der Waals surface area contributed by atoms with Crippen LogP contribution in [0.2, 0.25) is 0 Å². The van der Waals surface area contributed by atoms with E-state index in [2.05, 4.69) is 35.2 Å². The van der Waals surface area contributed by atoms with Crippen LogP contribution in [0, 0.1) is 5.92 Å². The molecule has 3 rings (SSSR count). The zero-order chi connectivity index (χ0) is 16.6. The summed E-state index contributed by atoms with van der Waals surface area (Å²) < 4.78 is 5.63. The fourth-order valence-electron chi connectivity index (χ4n) is 3.38. The molecule has 1 fully saturated rings. The lowest BCUT2D eigenvalue weighted by Gasteiger charge is -2.33. The summed E-state index contributed by atoms with van der Waals surface area (Å²) in [5, 5.41) is 10.2. The highest BCUT2D eigenvalue weighted by atomic mass is 35.5. The van der Waals surface area contributed by atoms with Gasteiger partial charge in [0.05, 0.1) is 0 Å². The zero-order valence-corrected chi connectivity index (χ0v) is 16.6. The van der Waals surface area contributed by atoms with Gasteiger partial charge in [-0.1, -0.05) is 48.5 Å². The summed E-state index contributed by atoms with van der Waals surface area (Å²) in [5.74, 6) is 1.58. The first-order valence-electron chi connectivity index (χ1n) is 8.92. The van der Waals surface area contributed by atoms with Gasteiger partial charge in [0, 0.05) is 6.54 Å². The van der Waals surface area contributed by atoms with Crippen molar-refractivity contribution in [2.24, 2.45) is 5.92 Å². The van der Waals surface area contributed by atoms with E-state index in [1.807, 2.05) is 30.3 Å². The summed E-state index contributed by atoms with van der Waals surface area (Å²) in [7, 11) is 0. The van der Waals surface area contributed by atoms with E-state index in [0.29, 0.717) is 13.2 Å². The van der Waals surface area contributed by atoms with Crippen LogP contribution in [-0.2, 0) is 6.42 Å². The topological polar surface area (TPSA) is 32.7 Å². The van der Waals surface area contributed by atoms with Gasteiger partial charge >= 0.3 is 0 Å². The highest BCUT2D eigenvalue weighted by Crippen LogP contribution is 2.21. The molecule has 0 bridgehead atoms. The second-order valence-electron chi connectivity index (χ2n) is 6.71. The molecule has 2 aromatic carbocycles. The van der Waals surface area contributed by atoms with Crippen molar-refractivity contribution in [1.29, 1.82) is 0 Å². The van der Waals surface area contributed by atoms with Crippen molar-refractivity contribution < 1.29 is 9.84 Å². The Bertz CT molecular complexity index is 589. The Hall–Kier alpha value is -1.26. The number of rotatable bonds is 7. The predicted octanol–water partition coefficient (Wildman–Crippen LogP) is 4.22. The molecule has 5 heteroatoms. The summed E-state index contributed by atoms with van der Waals surface area (Å²) in [5.41, 5.74) is 1.44. The number of aliphatic hydroxyl groups excluding tert-OH is 1. The molecule has 1 heterocycles. The smallest absolute Gasteiger partial charge is 0.119 e. The van der Waals surface area contributed by atoms with E-state index >= 15 is 0 Å². The van der Waals surface area contributed by atoms with Gasteiger partial charge in [-0.15, -0.1) is 24.8 Å². The maximum Gasteiger partial charge on any atom is 0.119 e. The Balaban J connectivity index is 0.00000169. The monoisotopic (exact) mass is 397 g/mol. The zero-order valence-electron chi connectivity index (χ0n) is 15.0. The van der Waals surface area contributed by atoms with E-state index in [4.69, 9.17) is 4.74 Å². The molecule has 144 valence electrons. The van der Waals surface area contributed by atoms with Gasteiger partial charge in [0.25, 0.3) is 0 Å². The number of hydrogen-bond donors (Lipinski definition) is 1. The summed E-state index contributed by atoms with van der Waals surface area (Å²) in [6, 6.07) is 20.4. The molecule has 0 spiro atoms. The number of para-hydroxylation sites is 1. The van der Waals surface area contributed by atoms with Crippen LogP contribution in [0.1, 0.15) is 18.4 Å². The largest absolute Gasteiger partial charge is 0.491 e. The number of hydrogen-bond acceptors (Lipinski definition) is 3. The molecule has 1 N–H and O–H groups in total. The second-order valence-corrected chi connectivity index (χ2v) is 6.71. The SMILES string of the molecule is Cl.Cl.OC(COc1ccccc1)CN1CCC(Cc2ccccc2)CC1. The lowest BCUT2D eigenvalue weighted by Crippen LogP contribution is -2.41. The number of halogens is 2. The van der Waals surface area contributed by atoms with E-state index < -0.39 is 6.10 Å². The van der Waals surface area contributed by atoms with Crippen molar-refractivity contribution in [3.63, 3.8) is 0 Å². The molecular formula is C21H29Cl2NO2. The van der Waals surface area contributed by atoms with E-state index in [0.717, 1.165) is 24.8 Å². The van der Waals surface area contributed by atoms with Gasteiger partial charge in [0.15, 0.2) is 0 Å². The number of benzene rings is 2. The lowest BCUT2D eigenvalue weighted by atomic mass is 9.90. The summed E-state index contributed by atoms with van der Waals surface area (Å²) in [6.45, 7) is 3.19. The van der Waals surface area contributed by atoms with Gasteiger partial charge in [-0.3, -0.25) is 0 Å². The Morgan fingerprint density at radius 1 is 0.923 bits per heavy atom. The molecule has 0 saturated carbocycles. The number of piperidine rings is 1. The van der Waals surface area contributed by atoms with E-state index in [1.54, 1.807) is 0 Å². The van der Waals surface area contributed by atoms with E-state index in [1.165, 1.54) is 24.8 Å². The Kier molecular flexibility index (Phi) is 10.7. The highest BCUT2D eigenvalue weighted by Gasteiger charge is 2.21. The highest BCUT2D eigenvalue weighted by molar-refractivity contribution is 5.85. The van der Waals surface area contributed by atoms with Crippen molar-refractivity contribution in [3.8, 4) is 5.75 Å². The van der Waals surface area contributed by atoms with Crippen molar-refractivity contribution in [2.45, 2.75) is 25.4 Å². The van der Waals surface area contributed by atoms with Crippen molar-refractivity contribution >= 4 is 24.8 Å². The Labute approximate surface area is 169 Å². The average molecular weight is 398 g/mol. The third-order valence-corrected chi connectivity index (χ3v) is 4.73. The number of aliphatic hydroxyl groups is 1. The van der Waals surface area contributed by atoms with Crippen LogP contribution in [0.25, 0.3) is 0 Å². The molecule has 1 atom stereocenters. The molecule has 2 aromatic rings. The first kappa shape index (κ1) is 22.8. The van der Waals surface area contributed by atoms with Gasteiger partial charge in [-0.25, -0.2) is 0 Å². The van der Waals surface area contributed by atoms with Crippen LogP contribution in [0.5, 0.6) is 5.75 Å². The molecule has 1 unspecified atom stereocenters. The molecule has 0 aliphatic carbocycles. The Morgan fingerprint density at radius 3 is 2.12 bits per heavy atom. The van der Waals surface area contributed by atoms with Crippen LogP contribution in [-0.4, -0.2) is 42.4 Å². The maximum atomic E-state index is 10.2. The van der Waals surface area contributed by atoms with Gasteiger partial charge in [-0.05, 0) is 56.0 Å². The quantitative estimate of drug-likeness (QED) is 0.758. The van der Waals surface area contributed by atoms with Crippen LogP contribution in [0.15, 0.2) is 60.7 Å². The average Bonchev–Trinajstić information content (AvgIpc) is 2.63. The Morgan fingerprint density at radius 2 is 1.50 bits per heavy atom. The summed E-state index contributed by atoms with van der Waals surface area (Å²) >= 11 is 0. The minimum Gasteiger partial charge on any atom is -0.491 e. The predicted molar refractivity (Wildman–Crippen MR) is 112 cm³/mol. The number of ether oxygens (including phenoxy) is 1. The minimum absolute atomic E-state index is 0. The molecular weight excluding hydrogens is 369 g/mol. The van der Waals surface area contributed by atoms with Crippen LogP contribution >= 0.6 is 24.8 Å². The van der Waals surface area contributed by atoms with E-state index in [-0.39, 0.29) is 24.8 Å². The fraction of sp³-hybridized carbons (Fsp3) is 0.429. The van der Waals surface area contributed by atoms with Crippen molar-refractivity contribution in [3.05, 3.63) is 66.2 Å². The van der Waals surface area contributed by atoms with Crippen molar-refractivity contribution in [1.82, 2.24) is 4.90 Å². The number of nitrogens with zero attached hydrogens (tertiary/aromatic N) is 1. The molecule has 1 aliphatic rings. The minimum atomic E-state index is -0.434. The maximum absolute atomic E-state index is 10.2. The normalized spacial score (nSPS) is 16.2. The van der Waals surface area contributed by atoms with Gasteiger partial charge in [0.2, 0.25) is 0 Å². The summed E-state index contributed by atoms with van der Waals surface area (Å²) in [4.78, 5) is 2.36. The number of likely N-dealkylation sites (tertiary alicyclic amines) is 1. The van der Waals surface area contributed by atoms with E-state index in [9.17, 15) is 5.11 Å². The third-order valence-electron chi connectivity index (χ3n) is 4.73. The van der Waals surface area contributed by atoms with Crippen LogP contribution < -0.4 is 4.74 Å². The fourth-order valence-corrected chi connectivity index (χ4v) is 3.38. The molecule has 1 saturated heterocycles. The first-order valence-corrected chi connectivity index (χ1v) is 8.92. The first-order chi connectivity index (χ1) is 11.8. The molecule has 1 aliphatic heterocycles. The van der Waals surface area contributed by atoms with Crippen LogP contribution in [0.4, 0.5) is 0 Å². The standard InChI is InChI=1S/C21H27NO2.2ClH/c23-20(17-24-21-9-5-2-6-10-21)16-22-13-11-19(12-14-22)15-18-7-3-1-4-8-18;;/h1-10,19-20,23H,11-17H2;2*1H. The molecule has 0 aromatic heterocycles.